The summed E-state index contributed by atoms with van der Waals surface area (Å²) in [5, 5.41) is 3.44. The van der Waals surface area contributed by atoms with Crippen LogP contribution < -0.4 is 19.5 Å². The summed E-state index contributed by atoms with van der Waals surface area (Å²) < 4.78 is 16.3. The van der Waals surface area contributed by atoms with E-state index in [1.165, 1.54) is 11.8 Å². The SMILES string of the molecule is COc1ccc(CNC(=O)CSc2nccnc2Oc2ccc(C)cc2)cc1OC. The molecule has 0 saturated heterocycles. The average Bonchev–Trinajstić information content (AvgIpc) is 2.78. The lowest BCUT2D eigenvalue weighted by molar-refractivity contribution is -0.118. The van der Waals surface area contributed by atoms with Crippen LogP contribution in [-0.2, 0) is 11.3 Å². The fourth-order valence-electron chi connectivity index (χ4n) is 2.58. The van der Waals surface area contributed by atoms with E-state index in [2.05, 4.69) is 15.3 Å². The van der Waals surface area contributed by atoms with Crippen molar-refractivity contribution in [1.82, 2.24) is 15.3 Å². The first-order valence-electron chi connectivity index (χ1n) is 9.25. The zero-order valence-corrected chi connectivity index (χ0v) is 17.9. The topological polar surface area (TPSA) is 82.6 Å². The summed E-state index contributed by atoms with van der Waals surface area (Å²) in [5.41, 5.74) is 2.05. The molecule has 8 heteroatoms. The first kappa shape index (κ1) is 21.4. The van der Waals surface area contributed by atoms with Gasteiger partial charge in [-0.25, -0.2) is 9.97 Å². The molecule has 0 saturated carbocycles. The molecule has 0 spiro atoms. The quantitative estimate of drug-likeness (QED) is 0.519. The molecule has 0 radical (unpaired) electrons. The van der Waals surface area contributed by atoms with Gasteiger partial charge in [-0.15, -0.1) is 0 Å². The molecule has 1 N–H and O–H groups in total. The van der Waals surface area contributed by atoms with E-state index >= 15 is 0 Å². The Kier molecular flexibility index (Phi) is 7.51. The fraction of sp³-hybridized carbons (Fsp3) is 0.227. The maximum absolute atomic E-state index is 12.3. The maximum Gasteiger partial charge on any atom is 0.252 e. The number of methoxy groups -OCH3 is 2. The third-order valence-corrected chi connectivity index (χ3v) is 5.11. The Hall–Kier alpha value is -3.26. The van der Waals surface area contributed by atoms with Crippen molar-refractivity contribution in [2.45, 2.75) is 18.5 Å². The summed E-state index contributed by atoms with van der Waals surface area (Å²) in [6.45, 7) is 2.39. The van der Waals surface area contributed by atoms with Crippen LogP contribution in [0.2, 0.25) is 0 Å². The number of hydrogen-bond acceptors (Lipinski definition) is 7. The van der Waals surface area contributed by atoms with Crippen molar-refractivity contribution in [3.63, 3.8) is 0 Å². The number of carbonyl (C=O) groups is 1. The lowest BCUT2D eigenvalue weighted by Gasteiger charge is -2.11. The summed E-state index contributed by atoms with van der Waals surface area (Å²) in [6.07, 6.45) is 3.14. The van der Waals surface area contributed by atoms with Crippen LogP contribution in [0.5, 0.6) is 23.1 Å². The molecule has 1 heterocycles. The number of hydrogen-bond donors (Lipinski definition) is 1. The number of amides is 1. The van der Waals surface area contributed by atoms with Gasteiger partial charge < -0.3 is 19.5 Å². The molecule has 0 atom stereocenters. The van der Waals surface area contributed by atoms with Gasteiger partial charge in [0.15, 0.2) is 16.5 Å². The second-order valence-corrected chi connectivity index (χ2v) is 7.30. The van der Waals surface area contributed by atoms with E-state index in [1.807, 2.05) is 49.4 Å². The fourth-order valence-corrected chi connectivity index (χ4v) is 3.30. The van der Waals surface area contributed by atoms with Crippen LogP contribution in [0.3, 0.4) is 0 Å². The second kappa shape index (κ2) is 10.5. The van der Waals surface area contributed by atoms with E-state index < -0.39 is 0 Å². The molecule has 2 aromatic carbocycles. The van der Waals surface area contributed by atoms with Crippen molar-refractivity contribution in [1.29, 1.82) is 0 Å². The van der Waals surface area contributed by atoms with Gasteiger partial charge in [0.2, 0.25) is 5.91 Å². The molecular weight excluding hydrogens is 402 g/mol. The highest BCUT2D eigenvalue weighted by molar-refractivity contribution is 8.00. The zero-order valence-electron chi connectivity index (χ0n) is 17.0. The Morgan fingerprint density at radius 1 is 1.00 bits per heavy atom. The van der Waals surface area contributed by atoms with E-state index in [9.17, 15) is 4.79 Å². The van der Waals surface area contributed by atoms with Crippen molar-refractivity contribution >= 4 is 17.7 Å². The number of thioether (sulfide) groups is 1. The van der Waals surface area contributed by atoms with Crippen LogP contribution in [0.4, 0.5) is 0 Å². The standard InChI is InChI=1S/C22H23N3O4S/c1-15-4-7-17(8-5-15)29-21-22(24-11-10-23-21)30-14-20(26)25-13-16-6-9-18(27-2)19(12-16)28-3/h4-12H,13-14H2,1-3H3,(H,25,26). The van der Waals surface area contributed by atoms with Gasteiger partial charge in [0, 0.05) is 18.9 Å². The van der Waals surface area contributed by atoms with Crippen LogP contribution in [-0.4, -0.2) is 35.8 Å². The van der Waals surface area contributed by atoms with Crippen LogP contribution in [0.1, 0.15) is 11.1 Å². The minimum atomic E-state index is -0.123. The maximum atomic E-state index is 12.3. The minimum Gasteiger partial charge on any atom is -0.493 e. The Morgan fingerprint density at radius 2 is 1.73 bits per heavy atom. The van der Waals surface area contributed by atoms with E-state index in [1.54, 1.807) is 26.6 Å². The van der Waals surface area contributed by atoms with Crippen LogP contribution >= 0.6 is 11.8 Å². The first-order chi connectivity index (χ1) is 14.6. The number of benzene rings is 2. The second-order valence-electron chi connectivity index (χ2n) is 6.34. The Balaban J connectivity index is 1.55. The number of nitrogens with one attached hydrogen (secondary N) is 1. The van der Waals surface area contributed by atoms with Crippen molar-refractivity contribution < 1.29 is 19.0 Å². The van der Waals surface area contributed by atoms with Gasteiger partial charge in [-0.3, -0.25) is 4.79 Å². The number of aromatic nitrogens is 2. The van der Waals surface area contributed by atoms with Gasteiger partial charge in [0.1, 0.15) is 5.75 Å². The molecule has 3 rings (SSSR count). The molecule has 1 aromatic heterocycles. The normalized spacial score (nSPS) is 10.4. The van der Waals surface area contributed by atoms with Gasteiger partial charge in [-0.1, -0.05) is 35.5 Å². The van der Waals surface area contributed by atoms with Crippen molar-refractivity contribution in [3.8, 4) is 23.1 Å². The molecule has 1 amide bonds. The number of nitrogens with zero attached hydrogens (tertiary/aromatic N) is 2. The predicted octanol–water partition coefficient (Wildman–Crippen LogP) is 4.00. The Labute approximate surface area is 179 Å². The molecule has 156 valence electrons. The first-order valence-corrected chi connectivity index (χ1v) is 10.2. The van der Waals surface area contributed by atoms with Gasteiger partial charge in [0.25, 0.3) is 5.88 Å². The van der Waals surface area contributed by atoms with Crippen LogP contribution in [0, 0.1) is 6.92 Å². The number of aryl methyl sites for hydroxylation is 1. The third kappa shape index (κ3) is 5.87. The minimum absolute atomic E-state index is 0.123. The van der Waals surface area contributed by atoms with Gasteiger partial charge in [-0.05, 0) is 36.8 Å². The highest BCUT2D eigenvalue weighted by atomic mass is 32.2. The van der Waals surface area contributed by atoms with Gasteiger partial charge in [-0.2, -0.15) is 0 Å². The van der Waals surface area contributed by atoms with E-state index in [0.717, 1.165) is 11.1 Å². The average molecular weight is 426 g/mol. The molecule has 0 aliphatic rings. The van der Waals surface area contributed by atoms with Crippen LogP contribution in [0.25, 0.3) is 0 Å². The molecule has 30 heavy (non-hydrogen) atoms. The Bertz CT molecular complexity index is 996. The van der Waals surface area contributed by atoms with E-state index in [0.29, 0.717) is 34.7 Å². The largest absolute Gasteiger partial charge is 0.493 e. The molecule has 0 unspecified atom stereocenters. The molecule has 0 fully saturated rings. The predicted molar refractivity (Wildman–Crippen MR) is 115 cm³/mol. The summed E-state index contributed by atoms with van der Waals surface area (Å²) in [7, 11) is 3.16. The number of carbonyl (C=O) groups excluding carboxylic acids is 1. The number of ether oxygens (including phenoxy) is 3. The monoisotopic (exact) mass is 425 g/mol. The molecule has 0 aliphatic carbocycles. The third-order valence-electron chi connectivity index (χ3n) is 4.15. The lowest BCUT2D eigenvalue weighted by Crippen LogP contribution is -2.24. The molecule has 7 nitrogen and oxygen atoms in total. The van der Waals surface area contributed by atoms with Crippen LogP contribution in [0.15, 0.2) is 59.9 Å². The molecular formula is C22H23N3O4S. The highest BCUT2D eigenvalue weighted by Gasteiger charge is 2.12. The zero-order chi connectivity index (χ0) is 21.3. The summed E-state index contributed by atoms with van der Waals surface area (Å²) in [4.78, 5) is 20.8. The lowest BCUT2D eigenvalue weighted by atomic mass is 10.2. The summed E-state index contributed by atoms with van der Waals surface area (Å²) in [6, 6.07) is 13.2. The summed E-state index contributed by atoms with van der Waals surface area (Å²) in [5.74, 6) is 2.38. The van der Waals surface area contributed by atoms with Crippen molar-refractivity contribution in [2.75, 3.05) is 20.0 Å². The van der Waals surface area contributed by atoms with Crippen molar-refractivity contribution in [2.24, 2.45) is 0 Å². The molecule has 0 bridgehead atoms. The van der Waals surface area contributed by atoms with Gasteiger partial charge in [0.05, 0.1) is 20.0 Å². The Morgan fingerprint density at radius 3 is 2.47 bits per heavy atom. The van der Waals surface area contributed by atoms with Crippen molar-refractivity contribution in [3.05, 3.63) is 66.0 Å². The smallest absolute Gasteiger partial charge is 0.252 e. The summed E-state index contributed by atoms with van der Waals surface area (Å²) >= 11 is 1.27. The molecule has 3 aromatic rings. The highest BCUT2D eigenvalue weighted by Crippen LogP contribution is 2.29. The molecule has 0 aliphatic heterocycles. The van der Waals surface area contributed by atoms with Gasteiger partial charge >= 0.3 is 0 Å². The number of rotatable bonds is 9. The van der Waals surface area contributed by atoms with E-state index in [4.69, 9.17) is 14.2 Å². The van der Waals surface area contributed by atoms with E-state index in [-0.39, 0.29) is 11.7 Å².